The molecule has 0 saturated heterocycles. The standard InChI is InChI=1S/C12H14O4/c1-4-5-8-6-9(15-2)11(12(13)14)10(7-8)16-3/h4,6-7H,1,5H2,2-3H3,(H,13,14). The summed E-state index contributed by atoms with van der Waals surface area (Å²) in [4.78, 5) is 11.0. The number of ether oxygens (including phenoxy) is 2. The molecule has 0 atom stereocenters. The van der Waals surface area contributed by atoms with Gasteiger partial charge < -0.3 is 14.6 Å². The van der Waals surface area contributed by atoms with Crippen LogP contribution in [0.3, 0.4) is 0 Å². The van der Waals surface area contributed by atoms with E-state index in [0.717, 1.165) is 5.56 Å². The van der Waals surface area contributed by atoms with Crippen molar-refractivity contribution in [2.75, 3.05) is 14.2 Å². The van der Waals surface area contributed by atoms with Crippen molar-refractivity contribution in [2.24, 2.45) is 0 Å². The molecule has 4 heteroatoms. The number of methoxy groups -OCH3 is 2. The van der Waals surface area contributed by atoms with Gasteiger partial charge in [-0.25, -0.2) is 4.79 Å². The lowest BCUT2D eigenvalue weighted by Gasteiger charge is -2.11. The van der Waals surface area contributed by atoms with Gasteiger partial charge in [0.15, 0.2) is 0 Å². The van der Waals surface area contributed by atoms with E-state index in [9.17, 15) is 4.79 Å². The summed E-state index contributed by atoms with van der Waals surface area (Å²) in [5.41, 5.74) is 0.937. The second kappa shape index (κ2) is 5.21. The van der Waals surface area contributed by atoms with Gasteiger partial charge in [-0.1, -0.05) is 6.08 Å². The van der Waals surface area contributed by atoms with Gasteiger partial charge in [0, 0.05) is 0 Å². The summed E-state index contributed by atoms with van der Waals surface area (Å²) < 4.78 is 10.1. The van der Waals surface area contributed by atoms with Crippen LogP contribution in [-0.4, -0.2) is 25.3 Å². The third-order valence-electron chi connectivity index (χ3n) is 2.16. The number of allylic oxidation sites excluding steroid dienone is 1. The largest absolute Gasteiger partial charge is 0.496 e. The Bertz CT molecular complexity index is 384. The van der Waals surface area contributed by atoms with E-state index < -0.39 is 5.97 Å². The molecule has 0 aliphatic rings. The van der Waals surface area contributed by atoms with Gasteiger partial charge in [-0.15, -0.1) is 6.58 Å². The summed E-state index contributed by atoms with van der Waals surface area (Å²) in [6.07, 6.45) is 2.36. The van der Waals surface area contributed by atoms with Crippen LogP contribution in [0.5, 0.6) is 11.5 Å². The summed E-state index contributed by atoms with van der Waals surface area (Å²) in [7, 11) is 2.86. The molecule has 0 unspecified atom stereocenters. The maximum absolute atomic E-state index is 11.0. The first-order valence-corrected chi connectivity index (χ1v) is 4.73. The Morgan fingerprint density at radius 3 is 2.19 bits per heavy atom. The molecule has 1 aromatic rings. The number of carboxylic acids is 1. The van der Waals surface area contributed by atoms with Crippen LogP contribution >= 0.6 is 0 Å². The van der Waals surface area contributed by atoms with Crippen molar-refractivity contribution in [2.45, 2.75) is 6.42 Å². The Hall–Kier alpha value is -1.97. The highest BCUT2D eigenvalue weighted by atomic mass is 16.5. The molecule has 0 heterocycles. The van der Waals surface area contributed by atoms with E-state index in [1.165, 1.54) is 14.2 Å². The second-order valence-corrected chi connectivity index (χ2v) is 3.17. The van der Waals surface area contributed by atoms with Gasteiger partial charge in [-0.2, -0.15) is 0 Å². The molecule has 4 nitrogen and oxygen atoms in total. The van der Waals surface area contributed by atoms with E-state index in [0.29, 0.717) is 17.9 Å². The third kappa shape index (κ3) is 2.34. The highest BCUT2D eigenvalue weighted by Crippen LogP contribution is 2.30. The van der Waals surface area contributed by atoms with Crippen molar-refractivity contribution in [1.82, 2.24) is 0 Å². The van der Waals surface area contributed by atoms with Crippen LogP contribution in [0.4, 0.5) is 0 Å². The van der Waals surface area contributed by atoms with Gasteiger partial charge >= 0.3 is 5.97 Å². The van der Waals surface area contributed by atoms with Gasteiger partial charge in [0.2, 0.25) is 0 Å². The van der Waals surface area contributed by atoms with Crippen LogP contribution in [0.1, 0.15) is 15.9 Å². The lowest BCUT2D eigenvalue weighted by atomic mass is 10.1. The van der Waals surface area contributed by atoms with Crippen molar-refractivity contribution in [3.8, 4) is 11.5 Å². The van der Waals surface area contributed by atoms with Gasteiger partial charge in [-0.3, -0.25) is 0 Å². The van der Waals surface area contributed by atoms with Crippen LogP contribution < -0.4 is 9.47 Å². The zero-order chi connectivity index (χ0) is 12.1. The van der Waals surface area contributed by atoms with Crippen molar-refractivity contribution in [1.29, 1.82) is 0 Å². The highest BCUT2D eigenvalue weighted by molar-refractivity contribution is 5.94. The first kappa shape index (κ1) is 12.1. The predicted molar refractivity (Wildman–Crippen MR) is 60.4 cm³/mol. The lowest BCUT2D eigenvalue weighted by molar-refractivity contribution is 0.0689. The Morgan fingerprint density at radius 1 is 1.38 bits per heavy atom. The van der Waals surface area contributed by atoms with E-state index >= 15 is 0 Å². The quantitative estimate of drug-likeness (QED) is 0.775. The number of aromatic carboxylic acids is 1. The SMILES string of the molecule is C=CCc1cc(OC)c(C(=O)O)c(OC)c1. The minimum atomic E-state index is -1.07. The molecule has 0 saturated carbocycles. The minimum absolute atomic E-state index is 0.0396. The fourth-order valence-corrected chi connectivity index (χ4v) is 1.46. The number of hydrogen-bond donors (Lipinski definition) is 1. The first-order valence-electron chi connectivity index (χ1n) is 4.73. The van der Waals surface area contributed by atoms with Crippen molar-refractivity contribution < 1.29 is 19.4 Å². The van der Waals surface area contributed by atoms with E-state index in [2.05, 4.69) is 6.58 Å². The fourth-order valence-electron chi connectivity index (χ4n) is 1.46. The van der Waals surface area contributed by atoms with Gasteiger partial charge in [0.1, 0.15) is 17.1 Å². The smallest absolute Gasteiger partial charge is 0.343 e. The molecule has 0 bridgehead atoms. The molecule has 86 valence electrons. The van der Waals surface area contributed by atoms with Crippen LogP contribution in [0, 0.1) is 0 Å². The molecule has 0 radical (unpaired) electrons. The van der Waals surface area contributed by atoms with Crippen molar-refractivity contribution in [3.05, 3.63) is 35.9 Å². The van der Waals surface area contributed by atoms with E-state index in [1.807, 2.05) is 0 Å². The Labute approximate surface area is 94.1 Å². The number of rotatable bonds is 5. The van der Waals surface area contributed by atoms with Crippen LogP contribution in [0.25, 0.3) is 0 Å². The van der Waals surface area contributed by atoms with Gasteiger partial charge in [0.25, 0.3) is 0 Å². The molecule has 1 rings (SSSR count). The monoisotopic (exact) mass is 222 g/mol. The summed E-state index contributed by atoms with van der Waals surface area (Å²) in [6.45, 7) is 3.63. The van der Waals surface area contributed by atoms with E-state index in [1.54, 1.807) is 18.2 Å². The molecule has 0 fully saturated rings. The predicted octanol–water partition coefficient (Wildman–Crippen LogP) is 2.13. The summed E-state index contributed by atoms with van der Waals surface area (Å²) in [6, 6.07) is 3.35. The lowest BCUT2D eigenvalue weighted by Crippen LogP contribution is -2.04. The molecule has 0 aliphatic heterocycles. The van der Waals surface area contributed by atoms with E-state index in [-0.39, 0.29) is 5.56 Å². The average molecular weight is 222 g/mol. The number of carboxylic acid groups (broad SMARTS) is 1. The topological polar surface area (TPSA) is 55.8 Å². The molecular weight excluding hydrogens is 208 g/mol. The Morgan fingerprint density at radius 2 is 1.88 bits per heavy atom. The van der Waals surface area contributed by atoms with Crippen LogP contribution in [0.15, 0.2) is 24.8 Å². The molecule has 0 amide bonds. The molecule has 1 N–H and O–H groups in total. The molecule has 1 aromatic carbocycles. The maximum Gasteiger partial charge on any atom is 0.343 e. The maximum atomic E-state index is 11.0. The molecule has 0 aromatic heterocycles. The second-order valence-electron chi connectivity index (χ2n) is 3.17. The van der Waals surface area contributed by atoms with Gasteiger partial charge in [0.05, 0.1) is 14.2 Å². The first-order chi connectivity index (χ1) is 7.63. The van der Waals surface area contributed by atoms with Crippen molar-refractivity contribution in [3.63, 3.8) is 0 Å². The average Bonchev–Trinajstić information content (AvgIpc) is 2.27. The minimum Gasteiger partial charge on any atom is -0.496 e. The highest BCUT2D eigenvalue weighted by Gasteiger charge is 2.18. The molecular formula is C12H14O4. The summed E-state index contributed by atoms with van der Waals surface area (Å²) in [5, 5.41) is 9.05. The van der Waals surface area contributed by atoms with Crippen LogP contribution in [0.2, 0.25) is 0 Å². The number of benzene rings is 1. The molecule has 0 aliphatic carbocycles. The zero-order valence-corrected chi connectivity index (χ0v) is 9.32. The number of carbonyl (C=O) groups is 1. The fraction of sp³-hybridized carbons (Fsp3) is 0.250. The molecule has 16 heavy (non-hydrogen) atoms. The van der Waals surface area contributed by atoms with Crippen LogP contribution in [-0.2, 0) is 6.42 Å². The van der Waals surface area contributed by atoms with E-state index in [4.69, 9.17) is 14.6 Å². The zero-order valence-electron chi connectivity index (χ0n) is 9.32. The number of hydrogen-bond acceptors (Lipinski definition) is 3. The van der Waals surface area contributed by atoms with Gasteiger partial charge in [-0.05, 0) is 24.1 Å². The normalized spacial score (nSPS) is 9.62. The third-order valence-corrected chi connectivity index (χ3v) is 2.16. The summed E-state index contributed by atoms with van der Waals surface area (Å²) in [5.74, 6) is -0.480. The Balaban J connectivity index is 3.36. The molecule has 0 spiro atoms. The summed E-state index contributed by atoms with van der Waals surface area (Å²) >= 11 is 0. The Kier molecular flexibility index (Phi) is 3.94. The van der Waals surface area contributed by atoms with Crippen molar-refractivity contribution >= 4 is 5.97 Å².